The normalized spacial score (nSPS) is 13.4. The van der Waals surface area contributed by atoms with Gasteiger partial charge < -0.3 is 19.9 Å². The van der Waals surface area contributed by atoms with E-state index in [0.29, 0.717) is 33.2 Å². The van der Waals surface area contributed by atoms with Crippen molar-refractivity contribution in [3.8, 4) is 11.5 Å². The van der Waals surface area contributed by atoms with Gasteiger partial charge in [-0.15, -0.1) is 0 Å². The van der Waals surface area contributed by atoms with Crippen molar-refractivity contribution >= 4 is 29.3 Å². The van der Waals surface area contributed by atoms with Crippen LogP contribution in [-0.4, -0.2) is 54.0 Å². The summed E-state index contributed by atoms with van der Waals surface area (Å²) in [6.07, 6.45) is -1.14. The Kier molecular flexibility index (Phi) is 7.33. The minimum Gasteiger partial charge on any atom is -0.493 e. The van der Waals surface area contributed by atoms with Gasteiger partial charge in [0.25, 0.3) is 17.7 Å². The van der Waals surface area contributed by atoms with Crippen LogP contribution in [0.4, 0.5) is 0 Å². The van der Waals surface area contributed by atoms with Gasteiger partial charge in [-0.3, -0.25) is 19.3 Å². The molecular formula is C26H23ClN2O6. The molecule has 3 amide bonds. The fraction of sp³-hybridized carbons (Fsp3) is 0.192. The predicted molar refractivity (Wildman–Crippen MR) is 129 cm³/mol. The standard InChI is InChI=1S/C26H23ClN2O6/c1-34-23-12-16(10-11-22(23)35-15-17-6-2-5-9-21(17)27)24(31)28-13-18(30)14-29-25(32)19-7-3-4-8-20(19)26(29)33/h2-12,18,30H,13-15H2,1H3,(H,28,31). The van der Waals surface area contributed by atoms with Crippen molar-refractivity contribution in [1.82, 2.24) is 10.2 Å². The lowest BCUT2D eigenvalue weighted by Gasteiger charge is -2.19. The number of nitrogens with zero attached hydrogens (tertiary/aromatic N) is 1. The highest BCUT2D eigenvalue weighted by Gasteiger charge is 2.36. The fourth-order valence-corrected chi connectivity index (χ4v) is 3.88. The Hall–Kier alpha value is -3.88. The zero-order valence-corrected chi connectivity index (χ0v) is 19.6. The Morgan fingerprint density at radius 2 is 1.66 bits per heavy atom. The first-order valence-corrected chi connectivity index (χ1v) is 11.2. The van der Waals surface area contributed by atoms with Crippen molar-refractivity contribution in [3.63, 3.8) is 0 Å². The number of aliphatic hydroxyl groups is 1. The van der Waals surface area contributed by atoms with E-state index in [2.05, 4.69) is 5.32 Å². The molecule has 0 aliphatic carbocycles. The first kappa shape index (κ1) is 24.3. The third-order valence-electron chi connectivity index (χ3n) is 5.54. The first-order valence-electron chi connectivity index (χ1n) is 10.8. The minimum absolute atomic E-state index is 0.153. The third-order valence-corrected chi connectivity index (χ3v) is 5.91. The molecule has 4 rings (SSSR count). The summed E-state index contributed by atoms with van der Waals surface area (Å²) in [6, 6.07) is 18.5. The quantitative estimate of drug-likeness (QED) is 0.442. The third kappa shape index (κ3) is 5.29. The van der Waals surface area contributed by atoms with Crippen LogP contribution >= 0.6 is 11.6 Å². The van der Waals surface area contributed by atoms with Gasteiger partial charge in [-0.1, -0.05) is 41.9 Å². The Labute approximate surface area is 207 Å². The van der Waals surface area contributed by atoms with E-state index >= 15 is 0 Å². The summed E-state index contributed by atoms with van der Waals surface area (Å²) in [4.78, 5) is 38.5. The monoisotopic (exact) mass is 494 g/mol. The molecule has 9 heteroatoms. The smallest absolute Gasteiger partial charge is 0.261 e. The molecule has 1 unspecified atom stereocenters. The highest BCUT2D eigenvalue weighted by atomic mass is 35.5. The molecule has 1 aliphatic heterocycles. The average molecular weight is 495 g/mol. The number of nitrogens with one attached hydrogen (secondary N) is 1. The maximum Gasteiger partial charge on any atom is 0.261 e. The van der Waals surface area contributed by atoms with E-state index in [1.165, 1.54) is 13.2 Å². The van der Waals surface area contributed by atoms with Crippen LogP contribution in [0.1, 0.15) is 36.6 Å². The second-order valence-electron chi connectivity index (χ2n) is 7.88. The molecule has 3 aromatic rings. The predicted octanol–water partition coefficient (Wildman–Crippen LogP) is 3.31. The van der Waals surface area contributed by atoms with E-state index in [1.807, 2.05) is 18.2 Å². The zero-order valence-electron chi connectivity index (χ0n) is 18.9. The molecule has 0 saturated heterocycles. The van der Waals surface area contributed by atoms with Crippen LogP contribution in [0.25, 0.3) is 0 Å². The van der Waals surface area contributed by atoms with Crippen molar-refractivity contribution in [1.29, 1.82) is 0 Å². The molecular weight excluding hydrogens is 472 g/mol. The maximum absolute atomic E-state index is 12.6. The second kappa shape index (κ2) is 10.6. The maximum atomic E-state index is 12.6. The molecule has 3 aromatic carbocycles. The molecule has 2 N–H and O–H groups in total. The van der Waals surface area contributed by atoms with Crippen LogP contribution in [0.3, 0.4) is 0 Å². The van der Waals surface area contributed by atoms with Gasteiger partial charge >= 0.3 is 0 Å². The molecule has 1 aliphatic rings. The molecule has 0 aromatic heterocycles. The number of β-amino-alcohol motifs (C(OH)–C–C–N with tert-alkyl or cyclic N) is 1. The van der Waals surface area contributed by atoms with Gasteiger partial charge in [-0.2, -0.15) is 0 Å². The Balaban J connectivity index is 1.33. The average Bonchev–Trinajstić information content (AvgIpc) is 3.11. The summed E-state index contributed by atoms with van der Waals surface area (Å²) in [7, 11) is 1.46. The zero-order chi connectivity index (χ0) is 24.9. The number of rotatable bonds is 9. The number of imide groups is 1. The van der Waals surface area contributed by atoms with Crippen molar-refractivity contribution in [2.45, 2.75) is 12.7 Å². The van der Waals surface area contributed by atoms with Crippen LogP contribution in [0.15, 0.2) is 66.7 Å². The number of carbonyl (C=O) groups excluding carboxylic acids is 3. The van der Waals surface area contributed by atoms with E-state index in [0.717, 1.165) is 10.5 Å². The summed E-state index contributed by atoms with van der Waals surface area (Å²) in [5.74, 6) is -0.588. The molecule has 1 heterocycles. The molecule has 0 saturated carbocycles. The SMILES string of the molecule is COc1cc(C(=O)NCC(O)CN2C(=O)c3ccccc3C2=O)ccc1OCc1ccccc1Cl. The fourth-order valence-electron chi connectivity index (χ4n) is 3.69. The summed E-state index contributed by atoms with van der Waals surface area (Å²) >= 11 is 6.16. The first-order chi connectivity index (χ1) is 16.9. The number of halogens is 1. The number of carbonyl (C=O) groups is 3. The molecule has 180 valence electrons. The Morgan fingerprint density at radius 1 is 1.00 bits per heavy atom. The lowest BCUT2D eigenvalue weighted by Crippen LogP contribution is -2.42. The van der Waals surface area contributed by atoms with Crippen molar-refractivity contribution < 1.29 is 29.0 Å². The van der Waals surface area contributed by atoms with Gasteiger partial charge in [0.15, 0.2) is 11.5 Å². The van der Waals surface area contributed by atoms with E-state index in [-0.39, 0.29) is 19.7 Å². The molecule has 1 atom stereocenters. The summed E-state index contributed by atoms with van der Waals surface area (Å²) in [5.41, 5.74) is 1.71. The van der Waals surface area contributed by atoms with E-state index in [4.69, 9.17) is 21.1 Å². The molecule has 0 fully saturated rings. The molecule has 8 nitrogen and oxygen atoms in total. The van der Waals surface area contributed by atoms with Gasteiger partial charge in [-0.25, -0.2) is 0 Å². The van der Waals surface area contributed by atoms with Crippen molar-refractivity contribution in [2.24, 2.45) is 0 Å². The van der Waals surface area contributed by atoms with E-state index in [9.17, 15) is 19.5 Å². The molecule has 0 radical (unpaired) electrons. The van der Waals surface area contributed by atoms with Crippen LogP contribution in [0.2, 0.25) is 5.02 Å². The number of aliphatic hydroxyl groups excluding tert-OH is 1. The van der Waals surface area contributed by atoms with E-state index in [1.54, 1.807) is 42.5 Å². The van der Waals surface area contributed by atoms with Crippen LogP contribution < -0.4 is 14.8 Å². The lowest BCUT2D eigenvalue weighted by atomic mass is 10.1. The highest BCUT2D eigenvalue weighted by Crippen LogP contribution is 2.29. The highest BCUT2D eigenvalue weighted by molar-refractivity contribution is 6.31. The van der Waals surface area contributed by atoms with Gasteiger partial charge in [0.05, 0.1) is 30.9 Å². The number of hydrogen-bond donors (Lipinski definition) is 2. The summed E-state index contributed by atoms with van der Waals surface area (Å²) in [6.45, 7) is -0.157. The largest absolute Gasteiger partial charge is 0.493 e. The van der Waals surface area contributed by atoms with Crippen LogP contribution in [0, 0.1) is 0 Å². The Bertz CT molecular complexity index is 1240. The number of benzene rings is 3. The number of methoxy groups -OCH3 is 1. The van der Waals surface area contributed by atoms with Crippen LogP contribution in [0.5, 0.6) is 11.5 Å². The lowest BCUT2D eigenvalue weighted by molar-refractivity contribution is 0.0542. The second-order valence-corrected chi connectivity index (χ2v) is 8.28. The summed E-state index contributed by atoms with van der Waals surface area (Å²) in [5, 5.41) is 13.5. The molecule has 35 heavy (non-hydrogen) atoms. The van der Waals surface area contributed by atoms with Crippen molar-refractivity contribution in [2.75, 3.05) is 20.2 Å². The molecule has 0 spiro atoms. The van der Waals surface area contributed by atoms with Crippen molar-refractivity contribution in [3.05, 3.63) is 94.0 Å². The Morgan fingerprint density at radius 3 is 2.31 bits per heavy atom. The topological polar surface area (TPSA) is 105 Å². The number of fused-ring (bicyclic) bond motifs is 1. The number of amides is 3. The van der Waals surface area contributed by atoms with Gasteiger partial charge in [0.1, 0.15) is 6.61 Å². The number of hydrogen-bond acceptors (Lipinski definition) is 6. The molecule has 0 bridgehead atoms. The van der Waals surface area contributed by atoms with Gasteiger partial charge in [-0.05, 0) is 36.4 Å². The van der Waals surface area contributed by atoms with Gasteiger partial charge in [0.2, 0.25) is 0 Å². The van der Waals surface area contributed by atoms with Crippen LogP contribution in [-0.2, 0) is 6.61 Å². The number of ether oxygens (including phenoxy) is 2. The summed E-state index contributed by atoms with van der Waals surface area (Å²) < 4.78 is 11.2. The minimum atomic E-state index is -1.14. The van der Waals surface area contributed by atoms with Gasteiger partial charge in [0, 0.05) is 22.7 Å². The van der Waals surface area contributed by atoms with E-state index < -0.39 is 23.8 Å².